The van der Waals surface area contributed by atoms with Crippen LogP contribution in [0.5, 0.6) is 5.75 Å². The van der Waals surface area contributed by atoms with Crippen LogP contribution < -0.4 is 10.1 Å². The molecule has 0 amide bonds. The van der Waals surface area contributed by atoms with Gasteiger partial charge in [-0.05, 0) is 38.5 Å². The first-order valence-electron chi connectivity index (χ1n) is 8.84. The molecule has 0 saturated carbocycles. The number of ether oxygens (including phenoxy) is 1. The lowest BCUT2D eigenvalue weighted by molar-refractivity contribution is -0.0498. The van der Waals surface area contributed by atoms with Gasteiger partial charge in [-0.25, -0.2) is 4.99 Å². The second-order valence-electron chi connectivity index (χ2n) is 6.32. The van der Waals surface area contributed by atoms with Gasteiger partial charge in [0.2, 0.25) is 0 Å². The zero-order valence-electron chi connectivity index (χ0n) is 16.5. The molecule has 0 bridgehead atoms. The van der Waals surface area contributed by atoms with E-state index in [1.165, 1.54) is 0 Å². The first-order valence-corrected chi connectivity index (χ1v) is 8.84. The molecule has 0 atom stereocenters. The minimum absolute atomic E-state index is 0.152. The Labute approximate surface area is 158 Å². The summed E-state index contributed by atoms with van der Waals surface area (Å²) in [6, 6.07) is 6.63. The van der Waals surface area contributed by atoms with E-state index < -0.39 is 6.61 Å². The lowest BCUT2D eigenvalue weighted by atomic mass is 10.2. The smallest absolute Gasteiger partial charge is 0.387 e. The molecule has 0 aliphatic carbocycles. The fourth-order valence-electron chi connectivity index (χ4n) is 2.79. The zero-order chi connectivity index (χ0) is 20.0. The summed E-state index contributed by atoms with van der Waals surface area (Å²) < 4.78 is 30.7. The zero-order valence-corrected chi connectivity index (χ0v) is 16.5. The highest BCUT2D eigenvalue weighted by atomic mass is 19.3. The monoisotopic (exact) mass is 379 g/mol. The fourth-order valence-corrected chi connectivity index (χ4v) is 2.79. The second-order valence-corrected chi connectivity index (χ2v) is 6.32. The first kappa shape index (κ1) is 20.7. The Bertz CT molecular complexity index is 771. The Balaban J connectivity index is 2.08. The molecule has 0 aliphatic rings. The molecular formula is C19H27F2N5O. The molecule has 6 nitrogen and oxygen atoms in total. The number of halogens is 2. The standard InChI is InChI=1S/C19H27F2N5O/c1-6-22-19(23-11-17-13(2)24-26(5)14(17)3)25(4)12-15-7-9-16(10-8-15)27-18(20)21/h7-10,18H,6,11-12H2,1-5H3,(H,22,23). The maximum absolute atomic E-state index is 12.2. The van der Waals surface area contributed by atoms with Crippen LogP contribution in [-0.2, 0) is 20.1 Å². The summed E-state index contributed by atoms with van der Waals surface area (Å²) in [6.45, 7) is 5.09. The molecule has 1 aromatic carbocycles. The van der Waals surface area contributed by atoms with Gasteiger partial charge in [0.1, 0.15) is 5.75 Å². The van der Waals surface area contributed by atoms with Crippen LogP contribution in [0.1, 0.15) is 29.4 Å². The quantitative estimate of drug-likeness (QED) is 0.593. The van der Waals surface area contributed by atoms with Crippen molar-refractivity contribution in [3.05, 3.63) is 46.8 Å². The van der Waals surface area contributed by atoms with Crippen LogP contribution in [0.25, 0.3) is 0 Å². The highest BCUT2D eigenvalue weighted by Gasteiger charge is 2.11. The molecule has 1 aromatic heterocycles. The van der Waals surface area contributed by atoms with Crippen molar-refractivity contribution in [3.63, 3.8) is 0 Å². The summed E-state index contributed by atoms with van der Waals surface area (Å²) in [6.07, 6.45) is 0. The van der Waals surface area contributed by atoms with Gasteiger partial charge in [0.05, 0.1) is 12.2 Å². The summed E-state index contributed by atoms with van der Waals surface area (Å²) in [5, 5.41) is 7.70. The molecule has 148 valence electrons. The Morgan fingerprint density at radius 1 is 1.30 bits per heavy atom. The van der Waals surface area contributed by atoms with E-state index in [2.05, 4.69) is 15.2 Å². The van der Waals surface area contributed by atoms with Crippen LogP contribution in [-0.4, -0.2) is 40.8 Å². The van der Waals surface area contributed by atoms with Gasteiger partial charge in [0.15, 0.2) is 5.96 Å². The van der Waals surface area contributed by atoms with Crippen molar-refractivity contribution < 1.29 is 13.5 Å². The van der Waals surface area contributed by atoms with E-state index in [1.54, 1.807) is 24.3 Å². The Kier molecular flexibility index (Phi) is 7.15. The van der Waals surface area contributed by atoms with Gasteiger partial charge in [-0.2, -0.15) is 13.9 Å². The lowest BCUT2D eigenvalue weighted by Gasteiger charge is -2.22. The summed E-state index contributed by atoms with van der Waals surface area (Å²) in [7, 11) is 3.86. The summed E-state index contributed by atoms with van der Waals surface area (Å²) in [5.74, 6) is 0.924. The number of alkyl halides is 2. The van der Waals surface area contributed by atoms with E-state index in [1.807, 2.05) is 44.4 Å². The highest BCUT2D eigenvalue weighted by Crippen LogP contribution is 2.16. The lowest BCUT2D eigenvalue weighted by Crippen LogP contribution is -2.38. The minimum Gasteiger partial charge on any atom is -0.435 e. The number of aliphatic imine (C=N–C) groups is 1. The SMILES string of the molecule is CCNC(=NCc1c(C)nn(C)c1C)N(C)Cc1ccc(OC(F)F)cc1. The molecule has 0 saturated heterocycles. The fraction of sp³-hybridized carbons (Fsp3) is 0.474. The maximum Gasteiger partial charge on any atom is 0.387 e. The van der Waals surface area contributed by atoms with Gasteiger partial charge in [0.25, 0.3) is 0 Å². The average Bonchev–Trinajstić information content (AvgIpc) is 2.85. The van der Waals surface area contributed by atoms with Gasteiger partial charge >= 0.3 is 6.61 Å². The van der Waals surface area contributed by atoms with Crippen molar-refractivity contribution in [2.24, 2.45) is 12.0 Å². The molecule has 0 spiro atoms. The van der Waals surface area contributed by atoms with E-state index in [0.29, 0.717) is 13.1 Å². The van der Waals surface area contributed by atoms with Crippen LogP contribution in [0.3, 0.4) is 0 Å². The number of aromatic nitrogens is 2. The van der Waals surface area contributed by atoms with Crippen molar-refractivity contribution in [2.45, 2.75) is 40.5 Å². The van der Waals surface area contributed by atoms with Crippen molar-refractivity contribution in [1.29, 1.82) is 0 Å². The van der Waals surface area contributed by atoms with E-state index in [-0.39, 0.29) is 5.75 Å². The number of nitrogens with zero attached hydrogens (tertiary/aromatic N) is 4. The predicted octanol–water partition coefficient (Wildman–Crippen LogP) is 3.24. The molecule has 1 heterocycles. The number of aryl methyl sites for hydroxylation is 2. The van der Waals surface area contributed by atoms with E-state index >= 15 is 0 Å². The highest BCUT2D eigenvalue weighted by molar-refractivity contribution is 5.79. The maximum atomic E-state index is 12.2. The topological polar surface area (TPSA) is 54.7 Å². The van der Waals surface area contributed by atoms with Crippen molar-refractivity contribution in [3.8, 4) is 5.75 Å². The molecule has 8 heteroatoms. The van der Waals surface area contributed by atoms with Crippen LogP contribution >= 0.6 is 0 Å². The molecule has 0 radical (unpaired) electrons. The van der Waals surface area contributed by atoms with Crippen LogP contribution in [0.4, 0.5) is 8.78 Å². The molecule has 0 aliphatic heterocycles. The average molecular weight is 379 g/mol. The van der Waals surface area contributed by atoms with Gasteiger partial charge in [-0.1, -0.05) is 12.1 Å². The molecule has 27 heavy (non-hydrogen) atoms. The summed E-state index contributed by atoms with van der Waals surface area (Å²) in [4.78, 5) is 6.72. The molecule has 1 N–H and O–H groups in total. The van der Waals surface area contributed by atoms with Crippen LogP contribution in [0.2, 0.25) is 0 Å². The van der Waals surface area contributed by atoms with Gasteiger partial charge in [0, 0.05) is 38.4 Å². The van der Waals surface area contributed by atoms with Crippen molar-refractivity contribution in [2.75, 3.05) is 13.6 Å². The predicted molar refractivity (Wildman–Crippen MR) is 102 cm³/mol. The number of guanidine groups is 1. The third kappa shape index (κ3) is 5.67. The number of hydrogen-bond acceptors (Lipinski definition) is 3. The third-order valence-electron chi connectivity index (χ3n) is 4.31. The van der Waals surface area contributed by atoms with Gasteiger partial charge in [-0.15, -0.1) is 0 Å². The second kappa shape index (κ2) is 9.34. The first-order chi connectivity index (χ1) is 12.8. The van der Waals surface area contributed by atoms with Crippen molar-refractivity contribution >= 4 is 5.96 Å². The molecule has 0 fully saturated rings. The van der Waals surface area contributed by atoms with Gasteiger partial charge in [-0.3, -0.25) is 4.68 Å². The summed E-state index contributed by atoms with van der Waals surface area (Å²) in [5.41, 5.74) is 4.17. The Morgan fingerprint density at radius 3 is 2.48 bits per heavy atom. The largest absolute Gasteiger partial charge is 0.435 e. The Morgan fingerprint density at radius 2 is 1.96 bits per heavy atom. The molecular weight excluding hydrogens is 352 g/mol. The van der Waals surface area contributed by atoms with Crippen LogP contribution in [0.15, 0.2) is 29.3 Å². The van der Waals surface area contributed by atoms with E-state index in [0.717, 1.165) is 35.0 Å². The number of nitrogens with one attached hydrogen (secondary N) is 1. The summed E-state index contributed by atoms with van der Waals surface area (Å²) >= 11 is 0. The minimum atomic E-state index is -2.81. The molecule has 2 rings (SSSR count). The van der Waals surface area contributed by atoms with Crippen LogP contribution in [0, 0.1) is 13.8 Å². The number of hydrogen-bond donors (Lipinski definition) is 1. The third-order valence-corrected chi connectivity index (χ3v) is 4.31. The number of benzene rings is 1. The number of rotatable bonds is 7. The van der Waals surface area contributed by atoms with E-state index in [9.17, 15) is 8.78 Å². The van der Waals surface area contributed by atoms with Crippen molar-refractivity contribution in [1.82, 2.24) is 20.0 Å². The molecule has 0 unspecified atom stereocenters. The Hall–Kier alpha value is -2.64. The van der Waals surface area contributed by atoms with E-state index in [4.69, 9.17) is 4.99 Å². The van der Waals surface area contributed by atoms with Gasteiger partial charge < -0.3 is 15.0 Å². The normalized spacial score (nSPS) is 11.8. The molecule has 2 aromatic rings.